The van der Waals surface area contributed by atoms with Crippen molar-refractivity contribution in [1.82, 2.24) is 0 Å². The molecular weight excluding hydrogens is 308 g/mol. The Kier molecular flexibility index (Phi) is 3.90. The molecule has 0 aromatic heterocycles. The Bertz CT molecular complexity index is 635. The molecule has 1 N–H and O–H groups in total. The summed E-state index contributed by atoms with van der Waals surface area (Å²) in [5.74, 6) is -0.0147. The lowest BCUT2D eigenvalue weighted by Crippen LogP contribution is -2.00. The van der Waals surface area contributed by atoms with Crippen molar-refractivity contribution in [2.24, 2.45) is 0 Å². The van der Waals surface area contributed by atoms with Crippen LogP contribution in [0.25, 0.3) is 0 Å². The molecule has 2 aromatic carbocycles. The van der Waals surface area contributed by atoms with Crippen LogP contribution in [0, 0.1) is 13.8 Å². The molecule has 0 unspecified atom stereocenters. The molecule has 2 rings (SSSR count). The van der Waals surface area contributed by atoms with Gasteiger partial charge in [-0.2, -0.15) is 0 Å². The molecule has 0 spiro atoms. The van der Waals surface area contributed by atoms with Gasteiger partial charge >= 0.3 is 5.97 Å². The topological polar surface area (TPSA) is 46.5 Å². The largest absolute Gasteiger partial charge is 0.478 e. The number of carboxylic acids is 1. The molecule has 0 fully saturated rings. The maximum Gasteiger partial charge on any atom is 0.339 e. The smallest absolute Gasteiger partial charge is 0.339 e. The van der Waals surface area contributed by atoms with Gasteiger partial charge < -0.3 is 9.84 Å². The fourth-order valence-electron chi connectivity index (χ4n) is 1.79. The average molecular weight is 321 g/mol. The van der Waals surface area contributed by atoms with E-state index in [1.54, 1.807) is 12.1 Å². The maximum absolute atomic E-state index is 11.2. The molecular formula is C15H13BrO3. The van der Waals surface area contributed by atoms with Crippen molar-refractivity contribution in [2.75, 3.05) is 0 Å². The SMILES string of the molecule is Cc1ccc(Oc2ccc(Br)cc2C(=O)O)c(C)c1. The van der Waals surface area contributed by atoms with E-state index in [0.717, 1.165) is 11.1 Å². The van der Waals surface area contributed by atoms with Gasteiger partial charge in [-0.25, -0.2) is 4.79 Å². The normalized spacial score (nSPS) is 10.3. The zero-order chi connectivity index (χ0) is 14.0. The first kappa shape index (κ1) is 13.6. The minimum absolute atomic E-state index is 0.134. The highest BCUT2D eigenvalue weighted by Crippen LogP contribution is 2.30. The third-order valence-corrected chi connectivity index (χ3v) is 3.22. The predicted molar refractivity (Wildman–Crippen MR) is 77.1 cm³/mol. The summed E-state index contributed by atoms with van der Waals surface area (Å²) < 4.78 is 6.42. The van der Waals surface area contributed by atoms with Crippen LogP contribution in [0.2, 0.25) is 0 Å². The lowest BCUT2D eigenvalue weighted by Gasteiger charge is -2.11. The molecule has 0 atom stereocenters. The Morgan fingerprint density at radius 2 is 1.79 bits per heavy atom. The fourth-order valence-corrected chi connectivity index (χ4v) is 2.15. The minimum Gasteiger partial charge on any atom is -0.478 e. The van der Waals surface area contributed by atoms with Crippen LogP contribution in [0.5, 0.6) is 11.5 Å². The van der Waals surface area contributed by atoms with Crippen molar-refractivity contribution in [3.63, 3.8) is 0 Å². The molecule has 0 heterocycles. The van der Waals surface area contributed by atoms with Crippen molar-refractivity contribution >= 4 is 21.9 Å². The van der Waals surface area contributed by atoms with Crippen LogP contribution in [0.1, 0.15) is 21.5 Å². The molecule has 0 amide bonds. The first-order chi connectivity index (χ1) is 8.97. The van der Waals surface area contributed by atoms with Crippen molar-refractivity contribution in [2.45, 2.75) is 13.8 Å². The number of hydrogen-bond donors (Lipinski definition) is 1. The zero-order valence-electron chi connectivity index (χ0n) is 10.6. The fraction of sp³-hybridized carbons (Fsp3) is 0.133. The van der Waals surface area contributed by atoms with E-state index < -0.39 is 5.97 Å². The number of rotatable bonds is 3. The summed E-state index contributed by atoms with van der Waals surface area (Å²) in [5.41, 5.74) is 2.24. The highest BCUT2D eigenvalue weighted by Gasteiger charge is 2.13. The van der Waals surface area contributed by atoms with Crippen LogP contribution >= 0.6 is 15.9 Å². The third kappa shape index (κ3) is 3.15. The van der Waals surface area contributed by atoms with E-state index >= 15 is 0 Å². The molecule has 2 aromatic rings. The van der Waals surface area contributed by atoms with E-state index in [-0.39, 0.29) is 5.56 Å². The Morgan fingerprint density at radius 1 is 1.11 bits per heavy atom. The second-order valence-corrected chi connectivity index (χ2v) is 5.23. The molecule has 19 heavy (non-hydrogen) atoms. The summed E-state index contributed by atoms with van der Waals surface area (Å²) in [6.45, 7) is 3.93. The molecule has 0 bridgehead atoms. The predicted octanol–water partition coefficient (Wildman–Crippen LogP) is 4.56. The first-order valence-electron chi connectivity index (χ1n) is 5.75. The van der Waals surface area contributed by atoms with Crippen LogP contribution in [0.3, 0.4) is 0 Å². The molecule has 0 saturated heterocycles. The molecule has 3 nitrogen and oxygen atoms in total. The van der Waals surface area contributed by atoms with Crippen molar-refractivity contribution < 1.29 is 14.6 Å². The summed E-state index contributed by atoms with van der Waals surface area (Å²) in [5, 5.41) is 9.18. The van der Waals surface area contributed by atoms with Gasteiger partial charge in [-0.05, 0) is 43.7 Å². The van der Waals surface area contributed by atoms with Gasteiger partial charge in [0.2, 0.25) is 0 Å². The molecule has 0 radical (unpaired) electrons. The lowest BCUT2D eigenvalue weighted by molar-refractivity contribution is 0.0694. The van der Waals surface area contributed by atoms with Gasteiger partial charge in [0.1, 0.15) is 17.1 Å². The minimum atomic E-state index is -1.01. The Morgan fingerprint density at radius 3 is 2.42 bits per heavy atom. The molecule has 4 heteroatoms. The van der Waals surface area contributed by atoms with Crippen LogP contribution < -0.4 is 4.74 Å². The number of aryl methyl sites for hydroxylation is 2. The van der Waals surface area contributed by atoms with E-state index in [2.05, 4.69) is 15.9 Å². The van der Waals surface area contributed by atoms with Crippen LogP contribution in [-0.2, 0) is 0 Å². The van der Waals surface area contributed by atoms with Crippen LogP contribution in [0.15, 0.2) is 40.9 Å². The molecule has 0 aliphatic rings. The van der Waals surface area contributed by atoms with E-state index in [0.29, 0.717) is 16.0 Å². The van der Waals surface area contributed by atoms with E-state index in [1.807, 2.05) is 32.0 Å². The second kappa shape index (κ2) is 5.45. The number of ether oxygens (including phenoxy) is 1. The number of carboxylic acid groups (broad SMARTS) is 1. The van der Waals surface area contributed by atoms with Gasteiger partial charge in [-0.15, -0.1) is 0 Å². The molecule has 0 saturated carbocycles. The number of aromatic carboxylic acids is 1. The Hall–Kier alpha value is -1.81. The second-order valence-electron chi connectivity index (χ2n) is 4.32. The van der Waals surface area contributed by atoms with Crippen molar-refractivity contribution in [1.29, 1.82) is 0 Å². The van der Waals surface area contributed by atoms with E-state index in [1.165, 1.54) is 6.07 Å². The summed E-state index contributed by atoms with van der Waals surface area (Å²) in [6, 6.07) is 10.7. The average Bonchev–Trinajstić information content (AvgIpc) is 2.34. The summed E-state index contributed by atoms with van der Waals surface area (Å²) in [7, 11) is 0. The lowest BCUT2D eigenvalue weighted by atomic mass is 10.1. The number of halogens is 1. The third-order valence-electron chi connectivity index (χ3n) is 2.72. The van der Waals surface area contributed by atoms with Gasteiger partial charge in [0.25, 0.3) is 0 Å². The standard InChI is InChI=1S/C15H13BrO3/c1-9-3-5-13(10(2)7-9)19-14-6-4-11(16)8-12(14)15(17)18/h3-8H,1-2H3,(H,17,18). The van der Waals surface area contributed by atoms with E-state index in [9.17, 15) is 9.90 Å². The zero-order valence-corrected chi connectivity index (χ0v) is 12.2. The number of benzene rings is 2. The monoisotopic (exact) mass is 320 g/mol. The molecule has 0 aliphatic carbocycles. The highest BCUT2D eigenvalue weighted by atomic mass is 79.9. The number of hydrogen-bond acceptors (Lipinski definition) is 2. The van der Waals surface area contributed by atoms with Gasteiger partial charge in [0.05, 0.1) is 0 Å². The van der Waals surface area contributed by atoms with Crippen LogP contribution in [-0.4, -0.2) is 11.1 Å². The highest BCUT2D eigenvalue weighted by molar-refractivity contribution is 9.10. The molecule has 98 valence electrons. The molecule has 0 aliphatic heterocycles. The van der Waals surface area contributed by atoms with Crippen molar-refractivity contribution in [3.05, 3.63) is 57.6 Å². The quantitative estimate of drug-likeness (QED) is 0.902. The van der Waals surface area contributed by atoms with Gasteiger partial charge in [0, 0.05) is 4.47 Å². The first-order valence-corrected chi connectivity index (χ1v) is 6.54. The van der Waals surface area contributed by atoms with E-state index in [4.69, 9.17) is 4.74 Å². The Labute approximate surface area is 120 Å². The Balaban J connectivity index is 2.40. The van der Waals surface area contributed by atoms with Gasteiger partial charge in [0.15, 0.2) is 0 Å². The van der Waals surface area contributed by atoms with Gasteiger partial charge in [-0.1, -0.05) is 33.6 Å². The maximum atomic E-state index is 11.2. The van der Waals surface area contributed by atoms with Crippen LogP contribution in [0.4, 0.5) is 0 Å². The van der Waals surface area contributed by atoms with Crippen molar-refractivity contribution in [3.8, 4) is 11.5 Å². The number of carbonyl (C=O) groups is 1. The summed E-state index contributed by atoms with van der Waals surface area (Å²) in [6.07, 6.45) is 0. The summed E-state index contributed by atoms with van der Waals surface area (Å²) >= 11 is 3.26. The van der Waals surface area contributed by atoms with Gasteiger partial charge in [-0.3, -0.25) is 0 Å². The summed E-state index contributed by atoms with van der Waals surface area (Å²) in [4.78, 5) is 11.2.